The van der Waals surface area contributed by atoms with E-state index in [1.165, 1.54) is 12.8 Å². The number of benzene rings is 1. The molecule has 0 radical (unpaired) electrons. The van der Waals surface area contributed by atoms with Crippen molar-refractivity contribution < 1.29 is 9.59 Å². The standard InChI is InChI=1S/C25H35N5O2/c1-18(2)23(26-22(31)16-19-10-5-3-6-11-19)25(32)29-14-9-12-20(17-29)24-28-27-21-13-7-4-8-15-30(21)24/h3,5-6,10-11,18,20,23H,4,7-9,12-17H2,1-2H3,(H,26,31). The number of nitrogens with zero attached hydrogens (tertiary/aromatic N) is 4. The maximum atomic E-state index is 13.5. The van der Waals surface area contributed by atoms with Gasteiger partial charge in [-0.2, -0.15) is 0 Å². The number of likely N-dealkylation sites (tertiary alicyclic amines) is 1. The van der Waals surface area contributed by atoms with Crippen LogP contribution in [0.2, 0.25) is 0 Å². The van der Waals surface area contributed by atoms with Crippen LogP contribution in [0.4, 0.5) is 0 Å². The van der Waals surface area contributed by atoms with Crippen molar-refractivity contribution in [3.8, 4) is 0 Å². The monoisotopic (exact) mass is 437 g/mol. The summed E-state index contributed by atoms with van der Waals surface area (Å²) in [5.74, 6) is 2.26. The number of aromatic nitrogens is 3. The fourth-order valence-electron chi connectivity index (χ4n) is 4.91. The van der Waals surface area contributed by atoms with Gasteiger partial charge in [0.05, 0.1) is 6.42 Å². The van der Waals surface area contributed by atoms with Gasteiger partial charge in [0, 0.05) is 32.0 Å². The molecule has 2 aliphatic rings. The summed E-state index contributed by atoms with van der Waals surface area (Å²) < 4.78 is 2.30. The van der Waals surface area contributed by atoms with Crippen molar-refractivity contribution in [2.45, 2.75) is 77.3 Å². The number of nitrogens with one attached hydrogen (secondary N) is 1. The van der Waals surface area contributed by atoms with Gasteiger partial charge in [-0.1, -0.05) is 50.6 Å². The second-order valence-corrected chi connectivity index (χ2v) is 9.51. The average molecular weight is 438 g/mol. The molecule has 7 heteroatoms. The summed E-state index contributed by atoms with van der Waals surface area (Å²) in [6.45, 7) is 6.34. The molecule has 1 saturated heterocycles. The number of fused-ring (bicyclic) bond motifs is 1. The van der Waals surface area contributed by atoms with Crippen LogP contribution in [0.1, 0.15) is 69.1 Å². The van der Waals surface area contributed by atoms with Gasteiger partial charge in [-0.3, -0.25) is 9.59 Å². The topological polar surface area (TPSA) is 80.1 Å². The van der Waals surface area contributed by atoms with Crippen LogP contribution in [0.15, 0.2) is 30.3 Å². The summed E-state index contributed by atoms with van der Waals surface area (Å²) in [6, 6.07) is 9.13. The predicted octanol–water partition coefficient (Wildman–Crippen LogP) is 3.09. The largest absolute Gasteiger partial charge is 0.344 e. The third-order valence-electron chi connectivity index (χ3n) is 6.69. The smallest absolute Gasteiger partial charge is 0.245 e. The van der Waals surface area contributed by atoms with E-state index >= 15 is 0 Å². The van der Waals surface area contributed by atoms with E-state index in [2.05, 4.69) is 20.1 Å². The Balaban J connectivity index is 1.43. The summed E-state index contributed by atoms with van der Waals surface area (Å²) in [6.07, 6.45) is 6.81. The van der Waals surface area contributed by atoms with Gasteiger partial charge in [0.2, 0.25) is 11.8 Å². The minimum atomic E-state index is -0.513. The minimum absolute atomic E-state index is 0.0155. The zero-order valence-corrected chi connectivity index (χ0v) is 19.3. The normalized spacial score (nSPS) is 19.8. The Kier molecular flexibility index (Phi) is 7.22. The van der Waals surface area contributed by atoms with Gasteiger partial charge in [-0.25, -0.2) is 0 Å². The van der Waals surface area contributed by atoms with Crippen LogP contribution < -0.4 is 5.32 Å². The summed E-state index contributed by atoms with van der Waals surface area (Å²) in [4.78, 5) is 28.0. The lowest BCUT2D eigenvalue weighted by Gasteiger charge is -2.36. The molecule has 0 bridgehead atoms. The first-order valence-electron chi connectivity index (χ1n) is 12.1. The summed E-state index contributed by atoms with van der Waals surface area (Å²) >= 11 is 0. The number of hydrogen-bond acceptors (Lipinski definition) is 4. The number of rotatable bonds is 6. The van der Waals surface area contributed by atoms with E-state index in [4.69, 9.17) is 0 Å². The molecule has 1 N–H and O–H groups in total. The molecule has 2 atom stereocenters. The summed E-state index contributed by atoms with van der Waals surface area (Å²) in [5, 5.41) is 12.0. The van der Waals surface area contributed by atoms with Crippen molar-refractivity contribution in [2.75, 3.05) is 13.1 Å². The Labute approximate surface area is 190 Å². The molecule has 1 aromatic heterocycles. The molecule has 2 unspecified atom stereocenters. The van der Waals surface area contributed by atoms with Gasteiger partial charge in [-0.05, 0) is 37.2 Å². The first kappa shape index (κ1) is 22.5. The highest BCUT2D eigenvalue weighted by Gasteiger charge is 2.34. The zero-order valence-electron chi connectivity index (χ0n) is 19.3. The van der Waals surface area contributed by atoms with E-state index in [-0.39, 0.29) is 30.1 Å². The number of carbonyl (C=O) groups is 2. The molecule has 4 rings (SSSR count). The molecule has 7 nitrogen and oxygen atoms in total. The van der Waals surface area contributed by atoms with Gasteiger partial charge in [0.1, 0.15) is 17.7 Å². The van der Waals surface area contributed by atoms with E-state index < -0.39 is 6.04 Å². The second-order valence-electron chi connectivity index (χ2n) is 9.51. The Morgan fingerprint density at radius 1 is 1.06 bits per heavy atom. The Bertz CT molecular complexity index is 924. The highest BCUT2D eigenvalue weighted by atomic mass is 16.2. The van der Waals surface area contributed by atoms with Crippen molar-refractivity contribution in [2.24, 2.45) is 5.92 Å². The fraction of sp³-hybridized carbons (Fsp3) is 0.600. The lowest BCUT2D eigenvalue weighted by Crippen LogP contribution is -2.53. The van der Waals surface area contributed by atoms with Gasteiger partial charge in [0.25, 0.3) is 0 Å². The van der Waals surface area contributed by atoms with Crippen molar-refractivity contribution >= 4 is 11.8 Å². The van der Waals surface area contributed by atoms with Gasteiger partial charge >= 0.3 is 0 Å². The number of aryl methyl sites for hydroxylation is 1. The maximum absolute atomic E-state index is 13.5. The van der Waals surface area contributed by atoms with Crippen LogP contribution in [0.5, 0.6) is 0 Å². The van der Waals surface area contributed by atoms with Gasteiger partial charge < -0.3 is 14.8 Å². The third kappa shape index (κ3) is 5.19. The van der Waals surface area contributed by atoms with E-state index in [1.807, 2.05) is 49.1 Å². The highest BCUT2D eigenvalue weighted by molar-refractivity contribution is 5.88. The van der Waals surface area contributed by atoms with E-state index in [0.29, 0.717) is 6.54 Å². The van der Waals surface area contributed by atoms with E-state index in [1.54, 1.807) is 0 Å². The molecular formula is C25H35N5O2. The van der Waals surface area contributed by atoms with Gasteiger partial charge in [-0.15, -0.1) is 10.2 Å². The van der Waals surface area contributed by atoms with Crippen LogP contribution in [0.3, 0.4) is 0 Å². The third-order valence-corrected chi connectivity index (χ3v) is 6.69. The molecule has 32 heavy (non-hydrogen) atoms. The molecule has 0 aliphatic carbocycles. The first-order valence-corrected chi connectivity index (χ1v) is 12.1. The Hall–Kier alpha value is -2.70. The predicted molar refractivity (Wildman–Crippen MR) is 123 cm³/mol. The van der Waals surface area contributed by atoms with Crippen molar-refractivity contribution in [3.63, 3.8) is 0 Å². The number of piperidine rings is 1. The first-order chi connectivity index (χ1) is 15.5. The second kappa shape index (κ2) is 10.3. The molecule has 1 fully saturated rings. The molecule has 0 spiro atoms. The maximum Gasteiger partial charge on any atom is 0.245 e. The zero-order chi connectivity index (χ0) is 22.5. The molecule has 1 aromatic carbocycles. The van der Waals surface area contributed by atoms with Crippen LogP contribution >= 0.6 is 0 Å². The van der Waals surface area contributed by atoms with Crippen LogP contribution in [-0.2, 0) is 29.0 Å². The summed E-state index contributed by atoms with van der Waals surface area (Å²) in [5.41, 5.74) is 0.950. The lowest BCUT2D eigenvalue weighted by atomic mass is 9.94. The molecule has 3 heterocycles. The molecule has 2 amide bonds. The Morgan fingerprint density at radius 3 is 2.66 bits per heavy atom. The number of carbonyl (C=O) groups excluding carboxylic acids is 2. The molecule has 172 valence electrons. The molecule has 2 aromatic rings. The fourth-order valence-corrected chi connectivity index (χ4v) is 4.91. The quantitative estimate of drug-likeness (QED) is 0.753. The average Bonchev–Trinajstić information content (AvgIpc) is 3.06. The minimum Gasteiger partial charge on any atom is -0.344 e. The highest BCUT2D eigenvalue weighted by Crippen LogP contribution is 2.28. The number of amides is 2. The lowest BCUT2D eigenvalue weighted by molar-refractivity contribution is -0.138. The molecule has 2 aliphatic heterocycles. The van der Waals surface area contributed by atoms with Gasteiger partial charge in [0.15, 0.2) is 0 Å². The number of hydrogen-bond donors (Lipinski definition) is 1. The SMILES string of the molecule is CC(C)C(NC(=O)Cc1ccccc1)C(=O)N1CCCC(c2nnc3n2CCCCC3)C1. The van der Waals surface area contributed by atoms with Crippen LogP contribution in [-0.4, -0.2) is 50.6 Å². The van der Waals surface area contributed by atoms with Crippen LogP contribution in [0.25, 0.3) is 0 Å². The van der Waals surface area contributed by atoms with Crippen molar-refractivity contribution in [1.29, 1.82) is 0 Å². The van der Waals surface area contributed by atoms with Crippen molar-refractivity contribution in [3.05, 3.63) is 47.5 Å². The summed E-state index contributed by atoms with van der Waals surface area (Å²) in [7, 11) is 0. The van der Waals surface area contributed by atoms with Crippen molar-refractivity contribution in [1.82, 2.24) is 25.0 Å². The van der Waals surface area contributed by atoms with Crippen LogP contribution in [0, 0.1) is 5.92 Å². The molecular weight excluding hydrogens is 402 g/mol. The van der Waals surface area contributed by atoms with E-state index in [9.17, 15) is 9.59 Å². The van der Waals surface area contributed by atoms with E-state index in [0.717, 1.165) is 56.0 Å². The Morgan fingerprint density at radius 2 is 1.88 bits per heavy atom. The molecule has 0 saturated carbocycles.